The Hall–Kier alpha value is -1.93. The topological polar surface area (TPSA) is 82.5 Å². The van der Waals surface area contributed by atoms with Crippen molar-refractivity contribution < 1.29 is 4.52 Å². The number of halogens is 1. The molecule has 22 heavy (non-hydrogen) atoms. The molecule has 3 aromatic rings. The maximum Gasteiger partial charge on any atom is 0.237 e. The van der Waals surface area contributed by atoms with Gasteiger partial charge in [0.15, 0.2) is 5.82 Å². The maximum absolute atomic E-state index is 5.89. The van der Waals surface area contributed by atoms with Crippen LogP contribution in [0.5, 0.6) is 0 Å². The Morgan fingerprint density at radius 2 is 2.05 bits per heavy atom. The number of thioether (sulfide) groups is 1. The van der Waals surface area contributed by atoms with Crippen LogP contribution < -0.4 is 0 Å². The minimum Gasteiger partial charge on any atom is -0.338 e. The average Bonchev–Trinajstić information content (AvgIpc) is 3.15. The van der Waals surface area contributed by atoms with Crippen molar-refractivity contribution in [2.24, 2.45) is 0 Å². The first-order valence-corrected chi connectivity index (χ1v) is 7.99. The number of hydrogen-bond acceptors (Lipinski definition) is 7. The molecule has 0 saturated carbocycles. The van der Waals surface area contributed by atoms with Crippen molar-refractivity contribution in [1.82, 2.24) is 30.3 Å². The summed E-state index contributed by atoms with van der Waals surface area (Å²) < 4.78 is 6.85. The molecule has 7 nitrogen and oxygen atoms in total. The number of benzene rings is 1. The number of tetrazole rings is 1. The first kappa shape index (κ1) is 15.0. The zero-order chi connectivity index (χ0) is 15.5. The van der Waals surface area contributed by atoms with Gasteiger partial charge in [-0.2, -0.15) is 9.67 Å². The van der Waals surface area contributed by atoms with Gasteiger partial charge in [-0.25, -0.2) is 0 Å². The number of rotatable bonds is 5. The van der Waals surface area contributed by atoms with Gasteiger partial charge in [0.05, 0.1) is 11.4 Å². The fourth-order valence-electron chi connectivity index (χ4n) is 1.70. The number of hydrogen-bond donors (Lipinski definition) is 0. The quantitative estimate of drug-likeness (QED) is 0.662. The van der Waals surface area contributed by atoms with Crippen molar-refractivity contribution in [3.8, 4) is 5.69 Å². The van der Waals surface area contributed by atoms with Crippen molar-refractivity contribution in [3.63, 3.8) is 0 Å². The predicted octanol–water partition coefficient (Wildman–Crippen LogP) is 3.11. The molecule has 0 radical (unpaired) electrons. The Morgan fingerprint density at radius 3 is 2.73 bits per heavy atom. The zero-order valence-corrected chi connectivity index (χ0v) is 13.5. The van der Waals surface area contributed by atoms with Crippen LogP contribution >= 0.6 is 23.4 Å². The van der Waals surface area contributed by atoms with Crippen LogP contribution in [0.25, 0.3) is 5.69 Å². The first-order chi connectivity index (χ1) is 10.6. The molecule has 0 bridgehead atoms. The Kier molecular flexibility index (Phi) is 4.39. The fraction of sp³-hybridized carbons (Fsp3) is 0.308. The van der Waals surface area contributed by atoms with E-state index in [9.17, 15) is 0 Å². The number of nitrogens with zero attached hydrogens (tertiary/aromatic N) is 6. The molecule has 0 atom stereocenters. The van der Waals surface area contributed by atoms with Crippen molar-refractivity contribution in [2.45, 2.75) is 30.7 Å². The first-order valence-electron chi connectivity index (χ1n) is 6.63. The standard InChI is InChI=1S/C13H13ClN6OS/c1-8(2)12-15-11(21-17-12)7-22-13-16-18-19-20(13)10-5-3-9(14)4-6-10/h3-6,8H,7H2,1-2H3. The Balaban J connectivity index is 1.73. The highest BCUT2D eigenvalue weighted by molar-refractivity contribution is 7.98. The van der Waals surface area contributed by atoms with E-state index in [0.717, 1.165) is 5.69 Å². The second kappa shape index (κ2) is 6.45. The summed E-state index contributed by atoms with van der Waals surface area (Å²) in [5.74, 6) is 2.00. The van der Waals surface area contributed by atoms with Gasteiger partial charge in [-0.05, 0) is 34.7 Å². The molecule has 0 N–H and O–H groups in total. The highest BCUT2D eigenvalue weighted by Crippen LogP contribution is 2.23. The molecular weight excluding hydrogens is 324 g/mol. The third-order valence-corrected chi connectivity index (χ3v) is 3.99. The molecule has 0 aliphatic rings. The third-order valence-electron chi connectivity index (χ3n) is 2.84. The van der Waals surface area contributed by atoms with Crippen LogP contribution in [0, 0.1) is 0 Å². The summed E-state index contributed by atoms with van der Waals surface area (Å²) in [5, 5.41) is 17.0. The summed E-state index contributed by atoms with van der Waals surface area (Å²) >= 11 is 7.32. The molecule has 0 unspecified atom stereocenters. The number of aromatic nitrogens is 6. The smallest absolute Gasteiger partial charge is 0.237 e. The highest BCUT2D eigenvalue weighted by atomic mass is 35.5. The van der Waals surface area contributed by atoms with Crippen LogP contribution in [0.1, 0.15) is 31.5 Å². The van der Waals surface area contributed by atoms with Gasteiger partial charge in [0, 0.05) is 10.9 Å². The van der Waals surface area contributed by atoms with E-state index in [1.54, 1.807) is 16.8 Å². The largest absolute Gasteiger partial charge is 0.338 e. The van der Waals surface area contributed by atoms with E-state index >= 15 is 0 Å². The molecule has 0 fully saturated rings. The van der Waals surface area contributed by atoms with Gasteiger partial charge < -0.3 is 4.52 Å². The zero-order valence-electron chi connectivity index (χ0n) is 12.0. The van der Waals surface area contributed by atoms with Gasteiger partial charge >= 0.3 is 0 Å². The van der Waals surface area contributed by atoms with Gasteiger partial charge in [0.1, 0.15) is 0 Å². The average molecular weight is 337 g/mol. The van der Waals surface area contributed by atoms with Gasteiger partial charge in [0.25, 0.3) is 0 Å². The Bertz CT molecular complexity index is 754. The fourth-order valence-corrected chi connectivity index (χ4v) is 2.55. The molecule has 114 valence electrons. The van der Waals surface area contributed by atoms with Crippen LogP contribution in [0.15, 0.2) is 33.9 Å². The lowest BCUT2D eigenvalue weighted by atomic mass is 10.2. The van der Waals surface area contributed by atoms with E-state index in [1.165, 1.54) is 11.8 Å². The second-order valence-corrected chi connectivity index (χ2v) is 6.22. The van der Waals surface area contributed by atoms with Crippen LogP contribution in [0.4, 0.5) is 0 Å². The van der Waals surface area contributed by atoms with E-state index in [1.807, 2.05) is 26.0 Å². The molecule has 0 saturated heterocycles. The van der Waals surface area contributed by atoms with Crippen LogP contribution in [-0.2, 0) is 5.75 Å². The second-order valence-electron chi connectivity index (χ2n) is 4.84. The van der Waals surface area contributed by atoms with Gasteiger partial charge in [-0.1, -0.05) is 42.4 Å². The molecular formula is C13H13ClN6OS. The Morgan fingerprint density at radius 1 is 1.27 bits per heavy atom. The minimum absolute atomic E-state index is 0.238. The molecule has 0 aliphatic carbocycles. The van der Waals surface area contributed by atoms with Crippen molar-refractivity contribution >= 4 is 23.4 Å². The predicted molar refractivity (Wildman–Crippen MR) is 82.1 cm³/mol. The molecule has 0 aliphatic heterocycles. The van der Waals surface area contributed by atoms with Gasteiger partial charge in [-0.15, -0.1) is 5.10 Å². The summed E-state index contributed by atoms with van der Waals surface area (Å²) in [6.07, 6.45) is 0. The summed E-state index contributed by atoms with van der Waals surface area (Å²) in [6, 6.07) is 7.29. The van der Waals surface area contributed by atoms with Gasteiger partial charge in [-0.3, -0.25) is 0 Å². The van der Waals surface area contributed by atoms with E-state index in [0.29, 0.717) is 27.6 Å². The van der Waals surface area contributed by atoms with Crippen LogP contribution in [-0.4, -0.2) is 30.3 Å². The van der Waals surface area contributed by atoms with Crippen molar-refractivity contribution in [1.29, 1.82) is 0 Å². The summed E-state index contributed by atoms with van der Waals surface area (Å²) in [4.78, 5) is 4.33. The van der Waals surface area contributed by atoms with Crippen LogP contribution in [0.3, 0.4) is 0 Å². The lowest BCUT2D eigenvalue weighted by Gasteiger charge is -2.02. The molecule has 1 aromatic carbocycles. The summed E-state index contributed by atoms with van der Waals surface area (Å²) in [7, 11) is 0. The normalized spacial score (nSPS) is 11.3. The lowest BCUT2D eigenvalue weighted by molar-refractivity contribution is 0.382. The molecule has 3 rings (SSSR count). The molecule has 0 amide bonds. The van der Waals surface area contributed by atoms with E-state index in [-0.39, 0.29) is 5.92 Å². The van der Waals surface area contributed by atoms with Crippen molar-refractivity contribution in [2.75, 3.05) is 0 Å². The lowest BCUT2D eigenvalue weighted by Crippen LogP contribution is -1.99. The molecule has 2 heterocycles. The Labute approximate surface area is 136 Å². The van der Waals surface area contributed by atoms with Gasteiger partial charge in [0.2, 0.25) is 11.0 Å². The molecule has 2 aromatic heterocycles. The monoisotopic (exact) mass is 336 g/mol. The van der Waals surface area contributed by atoms with E-state index in [2.05, 4.69) is 25.7 Å². The SMILES string of the molecule is CC(C)c1noc(CSc2nnnn2-c2ccc(Cl)cc2)n1. The van der Waals surface area contributed by atoms with E-state index < -0.39 is 0 Å². The minimum atomic E-state index is 0.238. The van der Waals surface area contributed by atoms with E-state index in [4.69, 9.17) is 16.1 Å². The summed E-state index contributed by atoms with van der Waals surface area (Å²) in [6.45, 7) is 4.03. The summed E-state index contributed by atoms with van der Waals surface area (Å²) in [5.41, 5.74) is 0.838. The molecule has 0 spiro atoms. The highest BCUT2D eigenvalue weighted by Gasteiger charge is 2.13. The molecule has 9 heteroatoms. The van der Waals surface area contributed by atoms with Crippen molar-refractivity contribution in [3.05, 3.63) is 41.0 Å². The van der Waals surface area contributed by atoms with Crippen LogP contribution in [0.2, 0.25) is 5.02 Å². The maximum atomic E-state index is 5.89. The third kappa shape index (κ3) is 3.28.